The van der Waals surface area contributed by atoms with Crippen molar-refractivity contribution in [3.8, 4) is 11.4 Å². The number of benzene rings is 8. The van der Waals surface area contributed by atoms with E-state index in [0.29, 0.717) is 17.8 Å². The van der Waals surface area contributed by atoms with Gasteiger partial charge in [-0.1, -0.05) is 131 Å². The lowest BCUT2D eigenvalue weighted by atomic mass is 9.33. The van der Waals surface area contributed by atoms with Gasteiger partial charge in [0.15, 0.2) is 0 Å². The van der Waals surface area contributed by atoms with Gasteiger partial charge < -0.3 is 9.13 Å². The molecule has 15 rings (SSSR count). The minimum atomic E-state index is 0.0993. The Morgan fingerprint density at radius 2 is 0.825 bits per heavy atom. The zero-order chi connectivity index (χ0) is 40.9. The smallest absolute Gasteiger partial charge is 0.253 e. The Morgan fingerprint density at radius 1 is 0.349 bits per heavy atom. The van der Waals surface area contributed by atoms with Crippen LogP contribution in [0.2, 0.25) is 0 Å². The van der Waals surface area contributed by atoms with Crippen molar-refractivity contribution >= 4 is 99.0 Å². The van der Waals surface area contributed by atoms with Crippen LogP contribution >= 0.6 is 0 Å². The second-order valence-electron chi connectivity index (χ2n) is 20.6. The molecule has 3 heteroatoms. The third kappa shape index (κ3) is 4.87. The van der Waals surface area contributed by atoms with Gasteiger partial charge in [0.05, 0.1) is 16.6 Å². The van der Waals surface area contributed by atoms with Gasteiger partial charge in [0.2, 0.25) is 0 Å². The number of hydrogen-bond acceptors (Lipinski definition) is 0. The Morgan fingerprint density at radius 3 is 1.41 bits per heavy atom. The molecule has 0 radical (unpaired) electrons. The maximum absolute atomic E-state index is 2.74. The molecule has 3 fully saturated rings. The molecule has 0 bridgehead atoms. The minimum absolute atomic E-state index is 0.0993. The highest BCUT2D eigenvalue weighted by molar-refractivity contribution is 7.02. The molecule has 63 heavy (non-hydrogen) atoms. The zero-order valence-electron chi connectivity index (χ0n) is 36.4. The normalized spacial score (nSPS) is 18.3. The molecular weight excluding hydrogens is 759 g/mol. The van der Waals surface area contributed by atoms with Gasteiger partial charge >= 0.3 is 0 Å². The van der Waals surface area contributed by atoms with Crippen molar-refractivity contribution in [2.24, 2.45) is 0 Å². The monoisotopic (exact) mass is 812 g/mol. The van der Waals surface area contributed by atoms with Crippen LogP contribution in [0.25, 0.3) is 87.3 Å². The van der Waals surface area contributed by atoms with Crippen molar-refractivity contribution < 1.29 is 0 Å². The SMILES string of the molecule is c1cc2c3c(c1)-n1c4ccc(C5CCCCC5)cc4c4cc5c6ccccc6c6ccccc6c5c(c41)B3c1cc(C3CCCCC3)cc3c4cc(C5CCCCC5)ccc4n-2c13. The average molecular weight is 813 g/mol. The molecule has 0 amide bonds. The molecule has 2 aliphatic heterocycles. The van der Waals surface area contributed by atoms with Crippen molar-refractivity contribution in [3.63, 3.8) is 0 Å². The molecule has 0 atom stereocenters. The first-order valence-electron chi connectivity index (χ1n) is 24.9. The summed E-state index contributed by atoms with van der Waals surface area (Å²) < 4.78 is 5.45. The molecule has 4 heterocycles. The highest BCUT2D eigenvalue weighted by atomic mass is 15.0. The van der Waals surface area contributed by atoms with Crippen LogP contribution in [-0.2, 0) is 0 Å². The van der Waals surface area contributed by atoms with Crippen LogP contribution in [0.5, 0.6) is 0 Å². The van der Waals surface area contributed by atoms with Crippen molar-refractivity contribution in [1.29, 1.82) is 0 Å². The van der Waals surface area contributed by atoms with Crippen molar-refractivity contribution in [1.82, 2.24) is 9.13 Å². The molecule has 0 N–H and O–H groups in total. The van der Waals surface area contributed by atoms with Crippen LogP contribution in [0.3, 0.4) is 0 Å². The molecule has 8 aromatic carbocycles. The minimum Gasteiger partial charge on any atom is -0.310 e. The molecule has 3 aliphatic carbocycles. The van der Waals surface area contributed by atoms with Gasteiger partial charge in [0.1, 0.15) is 0 Å². The summed E-state index contributed by atoms with van der Waals surface area (Å²) in [4.78, 5) is 0. The van der Waals surface area contributed by atoms with Crippen molar-refractivity contribution in [2.45, 2.75) is 114 Å². The number of aromatic nitrogens is 2. The largest absolute Gasteiger partial charge is 0.310 e. The van der Waals surface area contributed by atoms with Crippen LogP contribution in [0, 0.1) is 0 Å². The predicted molar refractivity (Wildman–Crippen MR) is 270 cm³/mol. The van der Waals surface area contributed by atoms with Gasteiger partial charge in [-0.05, 0) is 170 Å². The lowest BCUT2D eigenvalue weighted by Gasteiger charge is -2.35. The van der Waals surface area contributed by atoms with E-state index in [-0.39, 0.29) is 6.71 Å². The van der Waals surface area contributed by atoms with Crippen LogP contribution in [0.1, 0.15) is 131 Å². The van der Waals surface area contributed by atoms with Crippen LogP contribution in [0.15, 0.2) is 121 Å². The fourth-order valence-corrected chi connectivity index (χ4v) is 14.6. The van der Waals surface area contributed by atoms with Crippen molar-refractivity contribution in [3.05, 3.63) is 138 Å². The van der Waals surface area contributed by atoms with E-state index in [1.165, 1.54) is 206 Å². The molecule has 0 saturated heterocycles. The molecule has 306 valence electrons. The lowest BCUT2D eigenvalue weighted by molar-refractivity contribution is 0.444. The third-order valence-corrected chi connectivity index (χ3v) is 17.4. The summed E-state index contributed by atoms with van der Waals surface area (Å²) in [5.41, 5.74) is 17.5. The summed E-state index contributed by atoms with van der Waals surface area (Å²) in [7, 11) is 0. The first kappa shape index (κ1) is 35.6. The summed E-state index contributed by atoms with van der Waals surface area (Å²) in [5.74, 6) is 1.94. The quantitative estimate of drug-likeness (QED) is 0.124. The molecular formula is C60H53BN2. The van der Waals surface area contributed by atoms with Gasteiger partial charge in [0, 0.05) is 38.4 Å². The van der Waals surface area contributed by atoms with E-state index in [1.54, 1.807) is 11.1 Å². The topological polar surface area (TPSA) is 9.86 Å². The van der Waals surface area contributed by atoms with E-state index < -0.39 is 0 Å². The Hall–Kier alpha value is -5.80. The fourth-order valence-electron chi connectivity index (χ4n) is 14.6. The molecule has 2 nitrogen and oxygen atoms in total. The second-order valence-corrected chi connectivity index (χ2v) is 20.6. The van der Waals surface area contributed by atoms with E-state index in [4.69, 9.17) is 0 Å². The number of rotatable bonds is 3. The lowest BCUT2D eigenvalue weighted by Crippen LogP contribution is -2.59. The van der Waals surface area contributed by atoms with Crippen LogP contribution in [0.4, 0.5) is 0 Å². The Kier molecular flexibility index (Phi) is 7.56. The predicted octanol–water partition coefficient (Wildman–Crippen LogP) is 14.6. The first-order valence-corrected chi connectivity index (χ1v) is 24.9. The second kappa shape index (κ2) is 13.4. The molecule has 10 aromatic rings. The summed E-state index contributed by atoms with van der Waals surface area (Å²) in [6.07, 6.45) is 20.1. The third-order valence-electron chi connectivity index (χ3n) is 17.4. The van der Waals surface area contributed by atoms with Gasteiger partial charge in [-0.2, -0.15) is 0 Å². The fraction of sp³-hybridized carbons (Fsp3) is 0.300. The van der Waals surface area contributed by atoms with Crippen LogP contribution in [-0.4, -0.2) is 15.8 Å². The zero-order valence-corrected chi connectivity index (χ0v) is 36.4. The number of hydrogen-bond donors (Lipinski definition) is 0. The van der Waals surface area contributed by atoms with Gasteiger partial charge in [-0.3, -0.25) is 0 Å². The Bertz CT molecular complexity index is 3580. The summed E-state index contributed by atoms with van der Waals surface area (Å²) in [6, 6.07) is 49.3. The molecule has 0 unspecified atom stereocenters. The summed E-state index contributed by atoms with van der Waals surface area (Å²) in [5, 5.41) is 14.1. The molecule has 5 aliphatic rings. The Balaban J connectivity index is 1.13. The van der Waals surface area contributed by atoms with E-state index in [0.717, 1.165) is 0 Å². The number of fused-ring (bicyclic) bond motifs is 17. The molecule has 2 aromatic heterocycles. The van der Waals surface area contributed by atoms with E-state index in [1.807, 2.05) is 0 Å². The van der Waals surface area contributed by atoms with E-state index in [2.05, 4.69) is 130 Å². The van der Waals surface area contributed by atoms with E-state index >= 15 is 0 Å². The summed E-state index contributed by atoms with van der Waals surface area (Å²) >= 11 is 0. The Labute approximate surface area is 370 Å². The van der Waals surface area contributed by atoms with Crippen LogP contribution < -0.4 is 16.4 Å². The maximum atomic E-state index is 2.74. The molecule has 3 saturated carbocycles. The average Bonchev–Trinajstić information content (AvgIpc) is 3.87. The highest BCUT2D eigenvalue weighted by Gasteiger charge is 2.43. The maximum Gasteiger partial charge on any atom is 0.253 e. The van der Waals surface area contributed by atoms with Gasteiger partial charge in [0.25, 0.3) is 6.71 Å². The molecule has 0 spiro atoms. The van der Waals surface area contributed by atoms with E-state index in [9.17, 15) is 0 Å². The van der Waals surface area contributed by atoms with Gasteiger partial charge in [-0.15, -0.1) is 0 Å². The summed E-state index contributed by atoms with van der Waals surface area (Å²) in [6.45, 7) is 0.0993. The standard InChI is InChI=1S/C60H53BN2/c1-4-15-36(16-5-1)39-27-29-52-46(31-39)49-33-41(38-19-8-3-9-20-38)34-51-59(49)62(52)54-25-14-26-55-57(54)61(51)58-56-45-24-13-12-22-43(45)42-21-10-11-23-44(42)48(56)35-50-47-32-40(37-17-6-2-7-18-37)28-30-53(47)63(55)60(50)58/h10-14,21-38H,1-9,15-20H2. The first-order chi connectivity index (χ1) is 31.3. The highest BCUT2D eigenvalue weighted by Crippen LogP contribution is 2.46. The van der Waals surface area contributed by atoms with Gasteiger partial charge in [-0.25, -0.2) is 0 Å². The van der Waals surface area contributed by atoms with Crippen molar-refractivity contribution in [2.75, 3.05) is 0 Å². The number of nitrogens with zero attached hydrogens (tertiary/aromatic N) is 2.